The van der Waals surface area contributed by atoms with Gasteiger partial charge in [0.05, 0.1) is 6.61 Å². The van der Waals surface area contributed by atoms with E-state index in [1.165, 1.54) is 18.2 Å². The van der Waals surface area contributed by atoms with Gasteiger partial charge in [-0.3, -0.25) is 0 Å². The first kappa shape index (κ1) is 26.8. The van der Waals surface area contributed by atoms with E-state index in [0.717, 1.165) is 11.1 Å². The monoisotopic (exact) mass is 440 g/mol. The zero-order chi connectivity index (χ0) is 23.9. The molecule has 0 amide bonds. The summed E-state index contributed by atoms with van der Waals surface area (Å²) < 4.78 is 48.1. The number of rotatable bonds is 12. The van der Waals surface area contributed by atoms with Crippen LogP contribution in [-0.4, -0.2) is 6.61 Å². The second-order valence-electron chi connectivity index (χ2n) is 7.05. The molecule has 0 unspecified atom stereocenters. The number of hydrogen-bond donors (Lipinski definition) is 0. The lowest BCUT2D eigenvalue weighted by atomic mass is 10.0. The summed E-state index contributed by atoms with van der Waals surface area (Å²) in [6, 6.07) is 7.54. The maximum absolute atomic E-state index is 14.4. The third-order valence-corrected chi connectivity index (χ3v) is 4.62. The summed E-state index contributed by atoms with van der Waals surface area (Å²) in [6.07, 6.45) is 14.4. The van der Waals surface area contributed by atoms with E-state index in [0.29, 0.717) is 37.2 Å². The molecule has 1 nitrogen and oxygen atoms in total. The number of allylic oxidation sites excluding steroid dienone is 10. The summed E-state index contributed by atoms with van der Waals surface area (Å²) in [5.41, 5.74) is 2.19. The van der Waals surface area contributed by atoms with E-state index in [1.807, 2.05) is 24.3 Å². The Bertz CT molecular complexity index is 951. The van der Waals surface area contributed by atoms with Crippen LogP contribution in [0.15, 0.2) is 95.6 Å². The Balaban J connectivity index is 2.70. The predicted molar refractivity (Wildman–Crippen MR) is 128 cm³/mol. The lowest BCUT2D eigenvalue weighted by Crippen LogP contribution is -1.94. The Morgan fingerprint density at radius 1 is 1.09 bits per heavy atom. The summed E-state index contributed by atoms with van der Waals surface area (Å²) in [5.74, 6) is 0.499. The molecular weight excluding hydrogens is 409 g/mol. The molecule has 1 aromatic rings. The zero-order valence-electron chi connectivity index (χ0n) is 19.1. The summed E-state index contributed by atoms with van der Waals surface area (Å²) >= 11 is 0. The molecule has 0 bridgehead atoms. The second-order valence-corrected chi connectivity index (χ2v) is 7.05. The third kappa shape index (κ3) is 9.31. The molecule has 0 spiro atoms. The summed E-state index contributed by atoms with van der Waals surface area (Å²) in [5, 5.41) is 0. The fourth-order valence-corrected chi connectivity index (χ4v) is 3.02. The van der Waals surface area contributed by atoms with Crippen LogP contribution in [0.4, 0.5) is 13.2 Å². The molecule has 0 aromatic heterocycles. The highest BCUT2D eigenvalue weighted by molar-refractivity contribution is 5.41. The van der Waals surface area contributed by atoms with Crippen molar-refractivity contribution in [2.75, 3.05) is 6.61 Å². The van der Waals surface area contributed by atoms with Crippen LogP contribution >= 0.6 is 0 Å². The molecule has 0 aliphatic carbocycles. The molecule has 0 radical (unpaired) electrons. The van der Waals surface area contributed by atoms with Crippen molar-refractivity contribution in [2.45, 2.75) is 46.5 Å². The maximum atomic E-state index is 14.4. The minimum Gasteiger partial charge on any atom is -0.493 e. The summed E-state index contributed by atoms with van der Waals surface area (Å²) in [4.78, 5) is 0. The van der Waals surface area contributed by atoms with Crippen molar-refractivity contribution < 1.29 is 17.9 Å². The largest absolute Gasteiger partial charge is 0.493 e. The molecule has 1 aromatic carbocycles. The quantitative estimate of drug-likeness (QED) is 0.181. The average molecular weight is 441 g/mol. The molecule has 0 saturated heterocycles. The molecule has 0 aliphatic rings. The van der Waals surface area contributed by atoms with Crippen molar-refractivity contribution in [3.63, 3.8) is 0 Å². The van der Waals surface area contributed by atoms with Gasteiger partial charge in [-0.25, -0.2) is 13.2 Å². The average Bonchev–Trinajstić information content (AvgIpc) is 2.77. The number of benzene rings is 1. The van der Waals surface area contributed by atoms with Gasteiger partial charge in [0.2, 0.25) is 0 Å². The summed E-state index contributed by atoms with van der Waals surface area (Å²) in [7, 11) is 0. The van der Waals surface area contributed by atoms with Gasteiger partial charge in [-0.1, -0.05) is 55.0 Å². The third-order valence-electron chi connectivity index (χ3n) is 4.62. The van der Waals surface area contributed by atoms with Crippen LogP contribution in [0.25, 0.3) is 0 Å². The van der Waals surface area contributed by atoms with Crippen LogP contribution in [0.3, 0.4) is 0 Å². The first-order valence-electron chi connectivity index (χ1n) is 10.6. The lowest BCUT2D eigenvalue weighted by molar-refractivity contribution is 0.241. The van der Waals surface area contributed by atoms with Gasteiger partial charge in [-0.2, -0.15) is 0 Å². The van der Waals surface area contributed by atoms with Crippen LogP contribution in [-0.2, 0) is 17.6 Å². The van der Waals surface area contributed by atoms with E-state index in [1.54, 1.807) is 32.9 Å². The fraction of sp³-hybridized carbons (Fsp3) is 0.286. The molecule has 32 heavy (non-hydrogen) atoms. The van der Waals surface area contributed by atoms with Crippen LogP contribution in [0, 0.1) is 12.3 Å². The minimum atomic E-state index is -0.930. The highest BCUT2D eigenvalue weighted by atomic mass is 19.2. The topological polar surface area (TPSA) is 9.23 Å². The van der Waals surface area contributed by atoms with Gasteiger partial charge in [0.25, 0.3) is 0 Å². The van der Waals surface area contributed by atoms with Gasteiger partial charge >= 0.3 is 0 Å². The standard InChI is InChI=1S/C28H31F3O/c1-6-11-21(5)27(30)28(31)24(8-3)14-10-13-22-15-17-23(18-16-22)19-25(29)20-26(12-7-2)32-9-4/h2,6,8,11-12,15-18,20H,5,9-10,13-14,19H2,1,3-4H3/b11-6+,24-8-,25-20+,26-12+,28-27-. The first-order chi connectivity index (χ1) is 15.4. The first-order valence-corrected chi connectivity index (χ1v) is 10.6. The molecule has 170 valence electrons. The molecule has 0 N–H and O–H groups in total. The highest BCUT2D eigenvalue weighted by Crippen LogP contribution is 2.27. The SMILES string of the molecule is C#C/C=C(\C=C(\F)Cc1ccc(CCCC(=C/C)/C(F)=C(/F)C(=C)/C=C/C)cc1)OCC. The van der Waals surface area contributed by atoms with Crippen molar-refractivity contribution in [3.05, 3.63) is 107 Å². The molecule has 0 heterocycles. The Hall–Kier alpha value is -3.19. The van der Waals surface area contributed by atoms with E-state index in [4.69, 9.17) is 11.2 Å². The van der Waals surface area contributed by atoms with Crippen LogP contribution in [0.5, 0.6) is 0 Å². The maximum Gasteiger partial charge on any atom is 0.165 e. The van der Waals surface area contributed by atoms with E-state index in [2.05, 4.69) is 12.5 Å². The van der Waals surface area contributed by atoms with Crippen molar-refractivity contribution in [1.82, 2.24) is 0 Å². The lowest BCUT2D eigenvalue weighted by Gasteiger charge is -2.08. The number of hydrogen-bond acceptors (Lipinski definition) is 1. The van der Waals surface area contributed by atoms with Gasteiger partial charge < -0.3 is 4.74 Å². The Kier molecular flexibility index (Phi) is 12.4. The van der Waals surface area contributed by atoms with Crippen molar-refractivity contribution >= 4 is 0 Å². The number of aryl methyl sites for hydroxylation is 1. The molecule has 0 atom stereocenters. The van der Waals surface area contributed by atoms with Gasteiger partial charge in [-0.05, 0) is 56.7 Å². The molecule has 0 fully saturated rings. The highest BCUT2D eigenvalue weighted by Gasteiger charge is 2.13. The molecule has 1 rings (SSSR count). The Morgan fingerprint density at radius 3 is 2.31 bits per heavy atom. The van der Waals surface area contributed by atoms with Gasteiger partial charge in [0, 0.05) is 24.1 Å². The van der Waals surface area contributed by atoms with Crippen LogP contribution in [0.2, 0.25) is 0 Å². The van der Waals surface area contributed by atoms with E-state index >= 15 is 0 Å². The Labute approximate surface area is 190 Å². The minimum absolute atomic E-state index is 0.0179. The predicted octanol–water partition coefficient (Wildman–Crippen LogP) is 8.19. The van der Waals surface area contributed by atoms with Crippen molar-refractivity contribution in [3.8, 4) is 12.3 Å². The smallest absolute Gasteiger partial charge is 0.165 e. The van der Waals surface area contributed by atoms with Gasteiger partial charge in [0.15, 0.2) is 11.7 Å². The second kappa shape index (κ2) is 14.8. The zero-order valence-corrected chi connectivity index (χ0v) is 19.1. The van der Waals surface area contributed by atoms with Crippen LogP contribution in [0.1, 0.15) is 44.7 Å². The normalized spacial score (nSPS) is 13.7. The fourth-order valence-electron chi connectivity index (χ4n) is 3.02. The van der Waals surface area contributed by atoms with E-state index in [9.17, 15) is 13.2 Å². The molecule has 0 saturated carbocycles. The summed E-state index contributed by atoms with van der Waals surface area (Å²) in [6.45, 7) is 9.15. The molecule has 4 heteroatoms. The van der Waals surface area contributed by atoms with Gasteiger partial charge in [-0.15, -0.1) is 6.42 Å². The number of ether oxygens (including phenoxy) is 1. The van der Waals surface area contributed by atoms with Crippen LogP contribution < -0.4 is 0 Å². The molecule has 0 aliphatic heterocycles. The number of terminal acetylenes is 1. The van der Waals surface area contributed by atoms with E-state index < -0.39 is 11.7 Å². The Morgan fingerprint density at radius 2 is 1.75 bits per heavy atom. The number of halogens is 3. The van der Waals surface area contributed by atoms with Crippen molar-refractivity contribution in [1.29, 1.82) is 0 Å². The molecular formula is C28H31F3O. The van der Waals surface area contributed by atoms with E-state index in [-0.39, 0.29) is 17.8 Å². The van der Waals surface area contributed by atoms with Crippen molar-refractivity contribution in [2.24, 2.45) is 0 Å². The van der Waals surface area contributed by atoms with Gasteiger partial charge in [0.1, 0.15) is 11.6 Å².